The number of hydrogen-bond acceptors (Lipinski definition) is 12. The summed E-state index contributed by atoms with van der Waals surface area (Å²) < 4.78 is 6.59. The van der Waals surface area contributed by atoms with Crippen LogP contribution in [-0.2, 0) is 41.2 Å². The van der Waals surface area contributed by atoms with Gasteiger partial charge in [0.05, 0.1) is 16.9 Å². The molecular formula is C35H36N6O7S4. The van der Waals surface area contributed by atoms with Crippen molar-refractivity contribution in [2.75, 3.05) is 26.5 Å². The molecule has 2 aromatic carbocycles. The van der Waals surface area contributed by atoms with Crippen LogP contribution in [0.5, 0.6) is 0 Å². The van der Waals surface area contributed by atoms with Crippen molar-refractivity contribution in [2.45, 2.75) is 87.8 Å². The topological polar surface area (TPSA) is 152 Å². The number of para-hydroxylation sites is 1. The summed E-state index contributed by atoms with van der Waals surface area (Å²) in [7, 11) is 9.69. The highest BCUT2D eigenvalue weighted by Crippen LogP contribution is 2.79. The molecule has 8 fully saturated rings. The lowest BCUT2D eigenvalue weighted by molar-refractivity contribution is -0.168. The number of carbonyl (C=O) groups is 5. The van der Waals surface area contributed by atoms with Crippen molar-refractivity contribution in [3.05, 3.63) is 65.2 Å². The number of aliphatic hydroxyl groups is 1. The zero-order chi connectivity index (χ0) is 36.5. The molecule has 5 amide bonds. The van der Waals surface area contributed by atoms with Crippen LogP contribution in [0.15, 0.2) is 48.5 Å². The molecule has 272 valence electrons. The van der Waals surface area contributed by atoms with Gasteiger partial charge in [0.2, 0.25) is 9.74 Å². The number of rotatable bonds is 4. The molecule has 0 unspecified atom stereocenters. The second kappa shape index (κ2) is 10.1. The predicted molar refractivity (Wildman–Crippen MR) is 198 cm³/mol. The Morgan fingerprint density at radius 3 is 2.06 bits per heavy atom. The van der Waals surface area contributed by atoms with Gasteiger partial charge in [-0.25, -0.2) is 4.79 Å². The van der Waals surface area contributed by atoms with E-state index in [4.69, 9.17) is 4.74 Å². The molecule has 8 saturated heterocycles. The van der Waals surface area contributed by atoms with E-state index in [-0.39, 0.29) is 17.7 Å². The monoisotopic (exact) mass is 780 g/mol. The Kier molecular flexibility index (Phi) is 6.46. The average molecular weight is 781 g/mol. The van der Waals surface area contributed by atoms with E-state index in [1.165, 1.54) is 60.0 Å². The molecule has 0 saturated carbocycles. The third kappa shape index (κ3) is 2.96. The summed E-state index contributed by atoms with van der Waals surface area (Å²) in [6.45, 7) is 3.75. The highest BCUT2D eigenvalue weighted by Gasteiger charge is 2.93. The van der Waals surface area contributed by atoms with E-state index in [0.717, 1.165) is 5.56 Å². The molecule has 17 heteroatoms. The fourth-order valence-electron chi connectivity index (χ4n) is 11.3. The first-order chi connectivity index (χ1) is 24.9. The van der Waals surface area contributed by atoms with Crippen LogP contribution in [0.2, 0.25) is 0 Å². The minimum atomic E-state index is -1.78. The highest BCUT2D eigenvalue weighted by atomic mass is 33.1. The number of hydrogen-bond donors (Lipinski definition) is 3. The Morgan fingerprint density at radius 1 is 0.827 bits per heavy atom. The molecule has 10 aliphatic rings. The lowest BCUT2D eigenvalue weighted by Gasteiger charge is -2.59. The Hall–Kier alpha value is -3.25. The number of alkyl carbamates (subject to hydrolysis) is 1. The molecule has 1 aliphatic carbocycles. The van der Waals surface area contributed by atoms with E-state index in [2.05, 4.69) is 10.6 Å². The van der Waals surface area contributed by atoms with Crippen LogP contribution in [0.4, 0.5) is 10.5 Å². The Balaban J connectivity index is 1.37. The molecule has 2 spiro atoms. The summed E-state index contributed by atoms with van der Waals surface area (Å²) in [6.07, 6.45) is -3.88. The second-order valence-electron chi connectivity index (χ2n) is 14.7. The van der Waals surface area contributed by atoms with Crippen molar-refractivity contribution in [1.29, 1.82) is 0 Å². The number of ether oxygens (including phenoxy) is 1. The Labute approximate surface area is 315 Å². The first kappa shape index (κ1) is 33.3. The molecule has 0 radical (unpaired) electrons. The van der Waals surface area contributed by atoms with E-state index < -0.39 is 66.7 Å². The van der Waals surface area contributed by atoms with Gasteiger partial charge in [0.15, 0.2) is 15.8 Å². The van der Waals surface area contributed by atoms with Gasteiger partial charge in [-0.15, -0.1) is 0 Å². The molecule has 12 rings (SSSR count). The highest BCUT2D eigenvalue weighted by molar-refractivity contribution is 8.78. The van der Waals surface area contributed by atoms with Crippen molar-refractivity contribution in [1.82, 2.24) is 24.9 Å². The molecule has 9 heterocycles. The van der Waals surface area contributed by atoms with E-state index in [1.807, 2.05) is 62.4 Å². The molecule has 13 nitrogen and oxygen atoms in total. The van der Waals surface area contributed by atoms with Gasteiger partial charge in [0.25, 0.3) is 23.6 Å². The largest absolute Gasteiger partial charge is 0.441 e. The number of carbonyl (C=O) groups excluding carboxylic acids is 5. The van der Waals surface area contributed by atoms with E-state index >= 15 is 14.4 Å². The lowest BCUT2D eigenvalue weighted by Crippen LogP contribution is -2.78. The minimum absolute atomic E-state index is 0.271. The zero-order valence-electron chi connectivity index (χ0n) is 28.9. The van der Waals surface area contributed by atoms with Crippen molar-refractivity contribution in [3.63, 3.8) is 0 Å². The van der Waals surface area contributed by atoms with Crippen LogP contribution in [0, 0.1) is 0 Å². The molecule has 3 N–H and O–H groups in total. The lowest BCUT2D eigenvalue weighted by atomic mass is 9.51. The summed E-state index contributed by atoms with van der Waals surface area (Å²) in [5.41, 5.74) is -0.380. The minimum Gasteiger partial charge on any atom is -0.441 e. The number of piperazine rings is 2. The molecule has 4 bridgehead atoms. The molecule has 52 heavy (non-hydrogen) atoms. The van der Waals surface area contributed by atoms with Crippen LogP contribution in [0.3, 0.4) is 0 Å². The molecule has 0 aromatic heterocycles. The Bertz CT molecular complexity index is 2080. The standard InChI is InChI=1S/C35H36N6O7S4/c1-6-30-25(43)40-21-16-17-12-8-9-13-18(17)32(21,22(42)34(40,51-49-30)27(45)38(30)4)33-19-14-10-11-15-20(19)37-24(33)41-26(44)31(7-2)39(5)28(46)35(41,52-50-31)23(33)48-29(47)36-3/h8-15,21-24,37,42H,6-7,16H2,1-5H3,(H,36,47)/t21-,22-,23-,24+,30-,31-,32-,33+,34-,35-/m0/s1. The SMILES string of the molecule is CC[C@@]12SS[C@]3(C(=O)N1C)[C@@H](O)[C@]1([C@@]45c6ccccc6N[C@@H]4N4C(=O)[C@]6(CC)SS[C@]4(C(=O)N6C)[C@H]5OC(=O)NC)c4ccccc4C[C@@H]1N3C2=O. The van der Waals surface area contributed by atoms with Crippen molar-refractivity contribution < 1.29 is 33.8 Å². The fourth-order valence-corrected chi connectivity index (χ4v) is 19.2. The van der Waals surface area contributed by atoms with Crippen molar-refractivity contribution in [3.8, 4) is 0 Å². The van der Waals surface area contributed by atoms with Crippen LogP contribution in [-0.4, -0.2) is 119 Å². The average Bonchev–Trinajstić information content (AvgIpc) is 3.81. The fraction of sp³-hybridized carbons (Fsp3) is 0.514. The number of likely N-dealkylation sites (N-methyl/N-ethyl adjacent to an activating group) is 2. The Morgan fingerprint density at radius 2 is 1.40 bits per heavy atom. The number of aliphatic hydroxyl groups excluding tert-OH is 1. The van der Waals surface area contributed by atoms with Gasteiger partial charge in [0.1, 0.15) is 12.3 Å². The van der Waals surface area contributed by atoms with Crippen molar-refractivity contribution in [2.24, 2.45) is 0 Å². The van der Waals surface area contributed by atoms with Crippen LogP contribution in [0.25, 0.3) is 0 Å². The summed E-state index contributed by atoms with van der Waals surface area (Å²) in [5.74, 6) is -1.37. The number of amides is 5. The van der Waals surface area contributed by atoms with Gasteiger partial charge < -0.3 is 35.2 Å². The quantitative estimate of drug-likeness (QED) is 0.392. The summed E-state index contributed by atoms with van der Waals surface area (Å²) in [4.78, 5) is 74.5. The number of benzene rings is 2. The predicted octanol–water partition coefficient (Wildman–Crippen LogP) is 2.65. The normalized spacial score (nSPS) is 42.9. The van der Waals surface area contributed by atoms with Gasteiger partial charge in [-0.2, -0.15) is 0 Å². The smallest absolute Gasteiger partial charge is 0.407 e. The molecule has 2 aromatic rings. The maximum absolute atomic E-state index is 15.3. The van der Waals surface area contributed by atoms with E-state index in [9.17, 15) is 14.7 Å². The van der Waals surface area contributed by atoms with Crippen LogP contribution < -0.4 is 10.6 Å². The zero-order valence-corrected chi connectivity index (χ0v) is 32.1. The second-order valence-corrected chi connectivity index (χ2v) is 20.0. The summed E-state index contributed by atoms with van der Waals surface area (Å²) in [6, 6.07) is 14.3. The maximum atomic E-state index is 15.3. The van der Waals surface area contributed by atoms with Crippen LogP contribution >= 0.6 is 43.2 Å². The van der Waals surface area contributed by atoms with Gasteiger partial charge in [-0.1, -0.05) is 77.9 Å². The maximum Gasteiger partial charge on any atom is 0.407 e. The number of nitrogens with one attached hydrogen (secondary N) is 2. The van der Waals surface area contributed by atoms with Crippen molar-refractivity contribution >= 4 is 78.6 Å². The molecular weight excluding hydrogens is 745 g/mol. The van der Waals surface area contributed by atoms with Crippen LogP contribution in [0.1, 0.15) is 43.4 Å². The number of nitrogens with zero attached hydrogens (tertiary/aromatic N) is 4. The first-order valence-corrected chi connectivity index (χ1v) is 21.7. The van der Waals surface area contributed by atoms with E-state index in [1.54, 1.807) is 23.9 Å². The number of fused-ring (bicyclic) bond motifs is 11. The third-order valence-electron chi connectivity index (χ3n) is 13.5. The molecule has 10 atom stereocenters. The van der Waals surface area contributed by atoms with E-state index in [0.29, 0.717) is 36.1 Å². The number of anilines is 1. The molecule has 9 aliphatic heterocycles. The third-order valence-corrected chi connectivity index (χ3v) is 21.0. The van der Waals surface area contributed by atoms with Gasteiger partial charge in [0, 0.05) is 26.8 Å². The summed E-state index contributed by atoms with van der Waals surface area (Å²) >= 11 is 0. The van der Waals surface area contributed by atoms with Gasteiger partial charge in [-0.3, -0.25) is 24.1 Å². The first-order valence-electron chi connectivity index (χ1n) is 17.4. The van der Waals surface area contributed by atoms with Gasteiger partial charge in [-0.05, 0) is 63.6 Å². The summed E-state index contributed by atoms with van der Waals surface area (Å²) in [5, 5.41) is 19.9. The van der Waals surface area contributed by atoms with Gasteiger partial charge >= 0.3 is 6.09 Å².